The largest absolute Gasteiger partial charge is 0.512 e. The first kappa shape index (κ1) is 22.7. The van der Waals surface area contributed by atoms with E-state index < -0.39 is 0 Å². The molecule has 0 bridgehead atoms. The average molecular weight is 610 g/mol. The maximum absolute atomic E-state index is 10.0. The van der Waals surface area contributed by atoms with Crippen LogP contribution in [0.2, 0.25) is 0 Å². The van der Waals surface area contributed by atoms with Crippen molar-refractivity contribution in [2.75, 3.05) is 0 Å². The minimum atomic E-state index is -0.125. The molecule has 1 radical (unpaired) electrons. The summed E-state index contributed by atoms with van der Waals surface area (Å²) in [6.07, 6.45) is 2.99. The molecule has 3 aromatic heterocycles. The van der Waals surface area contributed by atoms with Crippen LogP contribution in [-0.2, 0) is 24.9 Å². The minimum Gasteiger partial charge on any atom is -0.512 e. The van der Waals surface area contributed by atoms with Crippen molar-refractivity contribution < 1.29 is 30.0 Å². The quantitative estimate of drug-likeness (QED) is 0.135. The Morgan fingerprint density at radius 3 is 2.27 bits per heavy atom. The van der Waals surface area contributed by atoms with Crippen molar-refractivity contribution in [3.8, 4) is 11.3 Å². The molecule has 6 rings (SSSR count). The standard InChI is InChI=1S/C23H13N2.C5H8O2.Ir/c1-2-10-21-16(6-1)17-7-5-8-18-19-14-15(20-9-3-4-13-24-20)11-12-22(19)25(21)23(17)18;1-4(6)3-5(2)7;/h1-10,12-14H;3,6H,1-2H3;/q-1;;/b;4-3-;. The Morgan fingerprint density at radius 2 is 1.61 bits per heavy atom. The normalized spacial score (nSPS) is 11.5. The molecule has 5 heteroatoms. The number of benzene rings is 3. The SMILES string of the molecule is CC(=O)/C=C(/C)O.[Ir].[c-]1cc2c(cc1-c1ccccn1)c1cccc3c4ccccc4n2c13. The van der Waals surface area contributed by atoms with Crippen LogP contribution in [0, 0.1) is 6.07 Å². The van der Waals surface area contributed by atoms with Crippen LogP contribution in [0.5, 0.6) is 0 Å². The van der Waals surface area contributed by atoms with Gasteiger partial charge in [-0.3, -0.25) is 4.79 Å². The van der Waals surface area contributed by atoms with Gasteiger partial charge in [0.25, 0.3) is 0 Å². The number of aromatic nitrogens is 2. The number of aliphatic hydroxyl groups excluding tert-OH is 1. The fourth-order valence-corrected chi connectivity index (χ4v) is 4.33. The first-order valence-electron chi connectivity index (χ1n) is 10.4. The summed E-state index contributed by atoms with van der Waals surface area (Å²) in [5.74, 6) is -0.0625. The van der Waals surface area contributed by atoms with Crippen LogP contribution in [0.25, 0.3) is 49.4 Å². The van der Waals surface area contributed by atoms with Gasteiger partial charge >= 0.3 is 0 Å². The molecule has 0 aliphatic rings. The zero-order valence-corrected chi connectivity index (χ0v) is 20.6. The van der Waals surface area contributed by atoms with Gasteiger partial charge < -0.3 is 14.5 Å². The van der Waals surface area contributed by atoms with Crippen molar-refractivity contribution in [2.24, 2.45) is 0 Å². The molecule has 0 aliphatic heterocycles. The van der Waals surface area contributed by atoms with Crippen molar-refractivity contribution in [3.63, 3.8) is 0 Å². The van der Waals surface area contributed by atoms with Gasteiger partial charge in [-0.2, -0.15) is 0 Å². The second-order valence-corrected chi connectivity index (χ2v) is 7.81. The Hall–Kier alpha value is -3.53. The molecule has 0 spiro atoms. The van der Waals surface area contributed by atoms with Crippen molar-refractivity contribution >= 4 is 43.9 Å². The summed E-state index contributed by atoms with van der Waals surface area (Å²) < 4.78 is 2.37. The predicted octanol–water partition coefficient (Wildman–Crippen LogP) is 6.73. The smallest absolute Gasteiger partial charge is 0.155 e. The zero-order valence-electron chi connectivity index (χ0n) is 18.2. The fourth-order valence-electron chi connectivity index (χ4n) is 4.33. The van der Waals surface area contributed by atoms with Crippen molar-refractivity contribution in [1.29, 1.82) is 0 Å². The van der Waals surface area contributed by atoms with Crippen LogP contribution in [0.4, 0.5) is 0 Å². The van der Waals surface area contributed by atoms with Gasteiger partial charge in [0.15, 0.2) is 5.78 Å². The number of nitrogens with zero attached hydrogens (tertiary/aromatic N) is 2. The average Bonchev–Trinajstić information content (AvgIpc) is 3.31. The Balaban J connectivity index is 0.000000287. The maximum Gasteiger partial charge on any atom is 0.155 e. The molecular formula is C28H21IrN2O2-. The number of para-hydroxylation sites is 2. The Bertz CT molecular complexity index is 1610. The first-order valence-corrected chi connectivity index (χ1v) is 10.4. The molecule has 33 heavy (non-hydrogen) atoms. The number of fused-ring (bicyclic) bond motifs is 6. The molecule has 165 valence electrons. The Kier molecular flexibility index (Phi) is 6.28. The van der Waals surface area contributed by atoms with Gasteiger partial charge in [-0.05, 0) is 42.6 Å². The number of hydrogen-bond acceptors (Lipinski definition) is 3. The summed E-state index contributed by atoms with van der Waals surface area (Å²) in [4.78, 5) is 14.5. The number of ketones is 1. The molecule has 4 nitrogen and oxygen atoms in total. The predicted molar refractivity (Wildman–Crippen MR) is 130 cm³/mol. The van der Waals surface area contributed by atoms with Gasteiger partial charge in [0.1, 0.15) is 0 Å². The van der Waals surface area contributed by atoms with Crippen LogP contribution < -0.4 is 0 Å². The molecule has 3 aromatic carbocycles. The monoisotopic (exact) mass is 610 g/mol. The van der Waals surface area contributed by atoms with Crippen molar-refractivity contribution in [2.45, 2.75) is 13.8 Å². The second-order valence-electron chi connectivity index (χ2n) is 7.81. The molecule has 0 aliphatic carbocycles. The molecular weight excluding hydrogens is 589 g/mol. The third-order valence-electron chi connectivity index (χ3n) is 5.51. The van der Waals surface area contributed by atoms with Gasteiger partial charge in [0.2, 0.25) is 0 Å². The van der Waals surface area contributed by atoms with E-state index in [0.29, 0.717) is 0 Å². The summed E-state index contributed by atoms with van der Waals surface area (Å²) in [5.41, 5.74) is 5.74. The van der Waals surface area contributed by atoms with E-state index >= 15 is 0 Å². The van der Waals surface area contributed by atoms with Crippen LogP contribution in [0.15, 0.2) is 90.8 Å². The second kappa shape index (κ2) is 9.14. The van der Waals surface area contributed by atoms with Gasteiger partial charge in [0.05, 0.1) is 11.3 Å². The van der Waals surface area contributed by atoms with Gasteiger partial charge in [-0.15, -0.1) is 23.8 Å². The van der Waals surface area contributed by atoms with E-state index in [-0.39, 0.29) is 31.6 Å². The topological polar surface area (TPSA) is 54.6 Å². The molecule has 3 heterocycles. The van der Waals surface area contributed by atoms with Crippen LogP contribution in [0.1, 0.15) is 13.8 Å². The molecule has 0 fully saturated rings. The summed E-state index contributed by atoms with van der Waals surface area (Å²) in [5, 5.41) is 13.5. The molecule has 0 saturated heterocycles. The van der Waals surface area contributed by atoms with E-state index in [9.17, 15) is 4.79 Å². The molecule has 0 atom stereocenters. The van der Waals surface area contributed by atoms with E-state index in [1.54, 1.807) is 0 Å². The molecule has 0 saturated carbocycles. The van der Waals surface area contributed by atoms with Crippen molar-refractivity contribution in [3.05, 3.63) is 96.9 Å². The van der Waals surface area contributed by atoms with Gasteiger partial charge in [0, 0.05) is 48.7 Å². The van der Waals surface area contributed by atoms with Gasteiger partial charge in [-0.1, -0.05) is 53.9 Å². The van der Waals surface area contributed by atoms with E-state index in [1.165, 1.54) is 58.0 Å². The fraction of sp³-hybridized carbons (Fsp3) is 0.0714. The van der Waals surface area contributed by atoms with Crippen LogP contribution in [-0.4, -0.2) is 20.3 Å². The Morgan fingerprint density at radius 1 is 0.909 bits per heavy atom. The third-order valence-corrected chi connectivity index (χ3v) is 5.51. The molecule has 1 N–H and O–H groups in total. The first-order chi connectivity index (χ1) is 15.5. The number of carbonyl (C=O) groups excluding carboxylic acids is 1. The molecule has 0 unspecified atom stereocenters. The Labute approximate surface area is 204 Å². The molecule has 0 amide bonds. The van der Waals surface area contributed by atoms with E-state index in [1.807, 2.05) is 24.4 Å². The summed E-state index contributed by atoms with van der Waals surface area (Å²) >= 11 is 0. The zero-order chi connectivity index (χ0) is 22.2. The van der Waals surface area contributed by atoms with Crippen molar-refractivity contribution in [1.82, 2.24) is 9.38 Å². The number of allylic oxidation sites excluding steroid dienone is 2. The summed E-state index contributed by atoms with van der Waals surface area (Å²) in [6, 6.07) is 28.9. The number of hydrogen-bond donors (Lipinski definition) is 1. The number of carbonyl (C=O) groups is 1. The minimum absolute atomic E-state index is 0. The van der Waals surface area contributed by atoms with Crippen LogP contribution >= 0.6 is 0 Å². The number of aliphatic hydroxyl groups is 1. The maximum atomic E-state index is 10.0. The summed E-state index contributed by atoms with van der Waals surface area (Å²) in [7, 11) is 0. The summed E-state index contributed by atoms with van der Waals surface area (Å²) in [6.45, 7) is 2.85. The van der Waals surface area contributed by atoms with E-state index in [4.69, 9.17) is 5.11 Å². The van der Waals surface area contributed by atoms with Crippen LogP contribution in [0.3, 0.4) is 0 Å². The van der Waals surface area contributed by atoms with E-state index in [0.717, 1.165) is 11.3 Å². The van der Waals surface area contributed by atoms with E-state index in [2.05, 4.69) is 70.0 Å². The number of rotatable bonds is 2. The third kappa shape index (κ3) is 4.02. The molecule has 6 aromatic rings. The van der Waals surface area contributed by atoms with Gasteiger partial charge in [-0.25, -0.2) is 0 Å². The number of pyridine rings is 1.